The van der Waals surface area contributed by atoms with Crippen LogP contribution in [0.15, 0.2) is 66.7 Å². The maximum absolute atomic E-state index is 13.7. The summed E-state index contributed by atoms with van der Waals surface area (Å²) in [6.45, 7) is 3.39. The van der Waals surface area contributed by atoms with Crippen molar-refractivity contribution in [3.05, 3.63) is 83.7 Å². The minimum Gasteiger partial charge on any atom is -0.465 e. The first kappa shape index (κ1) is 29.0. The van der Waals surface area contributed by atoms with Gasteiger partial charge < -0.3 is 20.6 Å². The molecular weight excluding hydrogens is 511 g/mol. The molecule has 9 heteroatoms. The van der Waals surface area contributed by atoms with Crippen LogP contribution in [0.4, 0.5) is 9.18 Å². The van der Waals surface area contributed by atoms with E-state index < -0.39 is 24.0 Å². The van der Waals surface area contributed by atoms with Crippen molar-refractivity contribution in [1.29, 1.82) is 0 Å². The van der Waals surface area contributed by atoms with E-state index in [9.17, 15) is 23.9 Å². The number of nitrogens with zero attached hydrogens (tertiary/aromatic N) is 2. The van der Waals surface area contributed by atoms with Gasteiger partial charge in [-0.3, -0.25) is 14.5 Å². The zero-order valence-corrected chi connectivity index (χ0v) is 23.0. The first-order chi connectivity index (χ1) is 19.3. The maximum Gasteiger partial charge on any atom is 0.405 e. The van der Waals surface area contributed by atoms with Crippen LogP contribution in [0.2, 0.25) is 0 Å². The van der Waals surface area contributed by atoms with Gasteiger partial charge in [0, 0.05) is 39.1 Å². The Hall–Kier alpha value is -3.98. The largest absolute Gasteiger partial charge is 0.465 e. The second-order valence-electron chi connectivity index (χ2n) is 10.3. The Bertz CT molecular complexity index is 1330. The maximum atomic E-state index is 13.7. The van der Waals surface area contributed by atoms with Gasteiger partial charge in [0.15, 0.2) is 0 Å². The van der Waals surface area contributed by atoms with Gasteiger partial charge in [0.25, 0.3) is 0 Å². The molecule has 0 bridgehead atoms. The predicted molar refractivity (Wildman–Crippen MR) is 153 cm³/mol. The molecule has 3 amide bonds. The van der Waals surface area contributed by atoms with E-state index in [1.807, 2.05) is 19.1 Å². The summed E-state index contributed by atoms with van der Waals surface area (Å²) < 4.78 is 13.4. The fourth-order valence-corrected chi connectivity index (χ4v) is 5.58. The molecule has 0 aliphatic carbocycles. The van der Waals surface area contributed by atoms with Crippen LogP contribution in [0.5, 0.6) is 0 Å². The number of benzene rings is 3. The summed E-state index contributed by atoms with van der Waals surface area (Å²) >= 11 is 0. The van der Waals surface area contributed by atoms with Crippen molar-refractivity contribution < 1.29 is 23.9 Å². The molecule has 3 N–H and O–H groups in total. The summed E-state index contributed by atoms with van der Waals surface area (Å²) in [5.41, 5.74) is 1.72. The lowest BCUT2D eigenvalue weighted by atomic mass is 9.97. The van der Waals surface area contributed by atoms with Crippen molar-refractivity contribution in [1.82, 2.24) is 20.4 Å². The molecule has 3 atom stereocenters. The number of carbonyl (C=O) groups excluding carboxylic acids is 2. The fourth-order valence-electron chi connectivity index (χ4n) is 5.58. The Morgan fingerprint density at radius 2 is 1.68 bits per heavy atom. The van der Waals surface area contributed by atoms with Crippen LogP contribution in [0.25, 0.3) is 10.8 Å². The van der Waals surface area contributed by atoms with E-state index in [1.54, 1.807) is 24.1 Å². The third kappa shape index (κ3) is 7.15. The average Bonchev–Trinajstić information content (AvgIpc) is 2.96. The molecule has 8 nitrogen and oxygen atoms in total. The molecule has 1 saturated heterocycles. The van der Waals surface area contributed by atoms with E-state index in [2.05, 4.69) is 45.9 Å². The highest BCUT2D eigenvalue weighted by molar-refractivity contribution is 5.86. The van der Waals surface area contributed by atoms with E-state index in [-0.39, 0.29) is 24.3 Å². The molecule has 40 heavy (non-hydrogen) atoms. The number of carbonyl (C=O) groups is 3. The molecule has 1 aliphatic heterocycles. The highest BCUT2D eigenvalue weighted by Crippen LogP contribution is 2.23. The Morgan fingerprint density at radius 3 is 2.35 bits per heavy atom. The lowest BCUT2D eigenvalue weighted by Crippen LogP contribution is -2.63. The second-order valence-corrected chi connectivity index (χ2v) is 10.3. The van der Waals surface area contributed by atoms with Crippen molar-refractivity contribution in [3.8, 4) is 0 Å². The molecule has 4 rings (SSSR count). The molecule has 212 valence electrons. The summed E-state index contributed by atoms with van der Waals surface area (Å²) in [4.78, 5) is 42.2. The Balaban J connectivity index is 1.52. The van der Waals surface area contributed by atoms with E-state index in [1.165, 1.54) is 12.1 Å². The van der Waals surface area contributed by atoms with Crippen molar-refractivity contribution in [2.45, 2.75) is 50.7 Å². The van der Waals surface area contributed by atoms with Gasteiger partial charge >= 0.3 is 6.09 Å². The number of halogens is 1. The first-order valence-electron chi connectivity index (χ1n) is 13.8. The zero-order valence-electron chi connectivity index (χ0n) is 23.0. The highest BCUT2D eigenvalue weighted by atomic mass is 19.1. The minimum absolute atomic E-state index is 0.0788. The van der Waals surface area contributed by atoms with Crippen molar-refractivity contribution >= 4 is 28.7 Å². The van der Waals surface area contributed by atoms with Crippen LogP contribution < -0.4 is 10.6 Å². The summed E-state index contributed by atoms with van der Waals surface area (Å²) in [5.74, 6) is -0.785. The fraction of sp³-hybridized carbons (Fsp3) is 0.387. The molecule has 1 heterocycles. The number of rotatable bonds is 10. The SMILES string of the molecule is CCCC1CN(C(Cc2ccc3ccccc3c2)C(=O)NC)CCN1C(=O)C(Cc1ccc(F)cc1)NC(=O)O. The van der Waals surface area contributed by atoms with Gasteiger partial charge in [0.05, 0.1) is 6.04 Å². The molecule has 1 aliphatic rings. The van der Waals surface area contributed by atoms with Gasteiger partial charge in [0.2, 0.25) is 11.8 Å². The molecule has 3 aromatic rings. The van der Waals surface area contributed by atoms with Crippen LogP contribution in [0.1, 0.15) is 30.9 Å². The van der Waals surface area contributed by atoms with Gasteiger partial charge in [-0.1, -0.05) is 67.9 Å². The standard InChI is InChI=1S/C31H37FN4O4/c1-3-6-26-20-35(28(29(37)33-2)19-22-9-12-23-7-4-5-8-24(23)17-22)15-16-36(26)30(38)27(34-31(39)40)18-21-10-13-25(32)14-11-21/h4-5,7-14,17,26-28,34H,3,6,15-16,18-20H2,1-2H3,(H,33,37)(H,39,40). The quantitative estimate of drug-likeness (QED) is 0.358. The molecule has 0 aromatic heterocycles. The summed E-state index contributed by atoms with van der Waals surface area (Å²) in [7, 11) is 1.64. The van der Waals surface area contributed by atoms with Gasteiger partial charge in [-0.25, -0.2) is 9.18 Å². The average molecular weight is 549 g/mol. The van der Waals surface area contributed by atoms with Crippen LogP contribution in [0, 0.1) is 5.82 Å². The summed E-state index contributed by atoms with van der Waals surface area (Å²) in [6.07, 6.45) is 0.904. The molecule has 0 radical (unpaired) electrons. The van der Waals surface area contributed by atoms with Crippen LogP contribution in [-0.4, -0.2) is 77.6 Å². The molecule has 3 aromatic carbocycles. The number of piperazine rings is 1. The number of fused-ring (bicyclic) bond motifs is 1. The monoisotopic (exact) mass is 548 g/mol. The van der Waals surface area contributed by atoms with Crippen LogP contribution in [0.3, 0.4) is 0 Å². The smallest absolute Gasteiger partial charge is 0.405 e. The Kier molecular flexibility index (Phi) is 9.71. The lowest BCUT2D eigenvalue weighted by Gasteiger charge is -2.45. The van der Waals surface area contributed by atoms with Crippen molar-refractivity contribution in [2.24, 2.45) is 0 Å². The first-order valence-corrected chi connectivity index (χ1v) is 13.8. The molecule has 0 spiro atoms. The van der Waals surface area contributed by atoms with Crippen LogP contribution >= 0.6 is 0 Å². The third-order valence-corrected chi connectivity index (χ3v) is 7.60. The number of hydrogen-bond donors (Lipinski definition) is 3. The molecule has 0 saturated carbocycles. The van der Waals surface area contributed by atoms with Crippen LogP contribution in [-0.2, 0) is 22.4 Å². The van der Waals surface area contributed by atoms with E-state index in [4.69, 9.17) is 0 Å². The zero-order chi connectivity index (χ0) is 28.6. The number of nitrogens with one attached hydrogen (secondary N) is 2. The van der Waals surface area contributed by atoms with Gasteiger partial charge in [-0.05, 0) is 46.9 Å². The highest BCUT2D eigenvalue weighted by Gasteiger charge is 2.38. The molecular formula is C31H37FN4O4. The minimum atomic E-state index is -1.29. The van der Waals surface area contributed by atoms with Crippen molar-refractivity contribution in [2.75, 3.05) is 26.7 Å². The van der Waals surface area contributed by atoms with Gasteiger partial charge in [-0.2, -0.15) is 0 Å². The number of likely N-dealkylation sites (N-methyl/N-ethyl adjacent to an activating group) is 1. The second kappa shape index (κ2) is 13.4. The van der Waals surface area contributed by atoms with E-state index in [0.29, 0.717) is 31.6 Å². The van der Waals surface area contributed by atoms with Crippen molar-refractivity contribution in [3.63, 3.8) is 0 Å². The summed E-state index contributed by atoms with van der Waals surface area (Å²) in [6, 6.07) is 18.5. The van der Waals surface area contributed by atoms with E-state index >= 15 is 0 Å². The summed E-state index contributed by atoms with van der Waals surface area (Å²) in [5, 5.41) is 16.9. The Morgan fingerprint density at radius 1 is 0.975 bits per heavy atom. The van der Waals surface area contributed by atoms with Gasteiger partial charge in [-0.15, -0.1) is 0 Å². The van der Waals surface area contributed by atoms with Gasteiger partial charge in [0.1, 0.15) is 11.9 Å². The number of hydrogen-bond acceptors (Lipinski definition) is 4. The number of amides is 3. The number of carboxylic acid groups (broad SMARTS) is 1. The molecule has 1 fully saturated rings. The lowest BCUT2D eigenvalue weighted by molar-refractivity contribution is -0.140. The predicted octanol–water partition coefficient (Wildman–Crippen LogP) is 3.83. The normalized spacial score (nSPS) is 17.3. The topological polar surface area (TPSA) is 102 Å². The Labute approximate surface area is 234 Å². The van der Waals surface area contributed by atoms with E-state index in [0.717, 1.165) is 29.2 Å². The third-order valence-electron chi connectivity index (χ3n) is 7.60. The molecule has 3 unspecified atom stereocenters.